The molecule has 5 heteroatoms. The molecule has 0 aliphatic carbocycles. The van der Waals surface area contributed by atoms with Gasteiger partial charge in [-0.25, -0.2) is 0 Å². The van der Waals surface area contributed by atoms with E-state index in [1.165, 1.54) is 0 Å². The third-order valence-corrected chi connectivity index (χ3v) is 4.25. The third-order valence-electron chi connectivity index (χ3n) is 4.25. The van der Waals surface area contributed by atoms with Crippen molar-refractivity contribution in [2.24, 2.45) is 11.8 Å². The van der Waals surface area contributed by atoms with Gasteiger partial charge in [0.2, 0.25) is 11.8 Å². The lowest BCUT2D eigenvalue weighted by atomic mass is 9.92. The van der Waals surface area contributed by atoms with Crippen LogP contribution in [0.15, 0.2) is 24.3 Å². The second-order valence-electron chi connectivity index (χ2n) is 6.32. The van der Waals surface area contributed by atoms with Gasteiger partial charge in [0, 0.05) is 25.1 Å². The molecule has 1 aromatic rings. The summed E-state index contributed by atoms with van der Waals surface area (Å²) in [6.07, 6.45) is 0.250. The van der Waals surface area contributed by atoms with E-state index in [-0.39, 0.29) is 30.2 Å². The Morgan fingerprint density at radius 1 is 1.39 bits per heavy atom. The van der Waals surface area contributed by atoms with Crippen molar-refractivity contribution in [3.8, 4) is 5.75 Å². The van der Waals surface area contributed by atoms with Crippen LogP contribution in [0.5, 0.6) is 5.75 Å². The molecular weight excluding hydrogens is 292 g/mol. The van der Waals surface area contributed by atoms with Crippen LogP contribution in [0.4, 0.5) is 0 Å². The average Bonchev–Trinajstić information content (AvgIpc) is 2.88. The molecular formula is C18H26N2O3. The molecule has 0 spiro atoms. The van der Waals surface area contributed by atoms with Gasteiger partial charge >= 0.3 is 0 Å². The number of hydrogen-bond donors (Lipinski definition) is 1. The molecule has 1 N–H and O–H groups in total. The minimum absolute atomic E-state index is 0.0214. The van der Waals surface area contributed by atoms with E-state index in [1.807, 2.05) is 31.2 Å². The van der Waals surface area contributed by atoms with Crippen LogP contribution in [0.3, 0.4) is 0 Å². The summed E-state index contributed by atoms with van der Waals surface area (Å²) in [4.78, 5) is 26.7. The van der Waals surface area contributed by atoms with Crippen LogP contribution in [-0.4, -0.2) is 36.9 Å². The van der Waals surface area contributed by atoms with Crippen molar-refractivity contribution >= 4 is 11.8 Å². The fourth-order valence-corrected chi connectivity index (χ4v) is 3.13. The first kappa shape index (κ1) is 17.3. The molecule has 0 saturated carbocycles. The molecule has 1 aliphatic heterocycles. The second kappa shape index (κ2) is 7.49. The van der Waals surface area contributed by atoms with E-state index >= 15 is 0 Å². The summed E-state index contributed by atoms with van der Waals surface area (Å²) in [5.74, 6) is 0.680. The van der Waals surface area contributed by atoms with Crippen molar-refractivity contribution in [3.63, 3.8) is 0 Å². The molecule has 1 fully saturated rings. The lowest BCUT2D eigenvalue weighted by molar-refractivity contribution is -0.129. The molecule has 5 nitrogen and oxygen atoms in total. The zero-order valence-corrected chi connectivity index (χ0v) is 14.3. The minimum Gasteiger partial charge on any atom is -0.496 e. The predicted octanol–water partition coefficient (Wildman–Crippen LogP) is 2.38. The van der Waals surface area contributed by atoms with Gasteiger partial charge < -0.3 is 15.0 Å². The van der Waals surface area contributed by atoms with Crippen LogP contribution < -0.4 is 10.1 Å². The van der Waals surface area contributed by atoms with Gasteiger partial charge in [0.15, 0.2) is 0 Å². The number of benzene rings is 1. The molecule has 0 bridgehead atoms. The van der Waals surface area contributed by atoms with Gasteiger partial charge in [-0.05, 0) is 18.9 Å². The van der Waals surface area contributed by atoms with Crippen molar-refractivity contribution < 1.29 is 14.3 Å². The largest absolute Gasteiger partial charge is 0.496 e. The Balaban J connectivity index is 2.33. The SMILES string of the molecule is CCN1C(=O)C[C@@H](C(=O)NCC(C)C)[C@@H]1c1ccccc1OC. The van der Waals surface area contributed by atoms with Crippen LogP contribution >= 0.6 is 0 Å². The van der Waals surface area contributed by atoms with Crippen molar-refractivity contribution in [2.75, 3.05) is 20.2 Å². The smallest absolute Gasteiger partial charge is 0.226 e. The van der Waals surface area contributed by atoms with Crippen LogP contribution in [0, 0.1) is 11.8 Å². The van der Waals surface area contributed by atoms with Gasteiger partial charge in [-0.15, -0.1) is 0 Å². The van der Waals surface area contributed by atoms with Crippen molar-refractivity contribution in [3.05, 3.63) is 29.8 Å². The lowest BCUT2D eigenvalue weighted by Gasteiger charge is -2.28. The molecule has 1 aromatic carbocycles. The van der Waals surface area contributed by atoms with E-state index in [2.05, 4.69) is 19.2 Å². The predicted molar refractivity (Wildman–Crippen MR) is 89.1 cm³/mol. The third kappa shape index (κ3) is 3.66. The number of likely N-dealkylation sites (tertiary alicyclic amines) is 1. The number of amides is 2. The summed E-state index contributed by atoms with van der Waals surface area (Å²) in [6.45, 7) is 7.24. The van der Waals surface area contributed by atoms with E-state index in [1.54, 1.807) is 12.0 Å². The van der Waals surface area contributed by atoms with E-state index in [0.29, 0.717) is 24.8 Å². The molecule has 0 unspecified atom stereocenters. The number of methoxy groups -OCH3 is 1. The Bertz CT molecular complexity index is 571. The number of ether oxygens (including phenoxy) is 1. The average molecular weight is 318 g/mol. The molecule has 2 rings (SSSR count). The Hall–Kier alpha value is -2.04. The summed E-state index contributed by atoms with van der Waals surface area (Å²) in [5.41, 5.74) is 0.896. The zero-order valence-electron chi connectivity index (χ0n) is 14.3. The monoisotopic (exact) mass is 318 g/mol. The Morgan fingerprint density at radius 2 is 2.09 bits per heavy atom. The molecule has 2 atom stereocenters. The first-order chi connectivity index (χ1) is 11.0. The standard InChI is InChI=1S/C18H26N2O3/c1-5-20-16(21)10-14(18(22)19-11-12(2)3)17(20)13-8-6-7-9-15(13)23-4/h6-9,12,14,17H,5,10-11H2,1-4H3,(H,19,22)/t14-,17+/m1/s1. The maximum atomic E-state index is 12.6. The van der Waals surface area contributed by atoms with E-state index in [9.17, 15) is 9.59 Å². The Labute approximate surface area is 138 Å². The highest BCUT2D eigenvalue weighted by Gasteiger charge is 2.44. The summed E-state index contributed by atoms with van der Waals surface area (Å²) in [6, 6.07) is 7.35. The maximum absolute atomic E-state index is 12.6. The number of carbonyl (C=O) groups is 2. The quantitative estimate of drug-likeness (QED) is 0.876. The molecule has 0 radical (unpaired) electrons. The molecule has 0 aromatic heterocycles. The van der Waals surface area contributed by atoms with E-state index in [4.69, 9.17) is 4.74 Å². The fourth-order valence-electron chi connectivity index (χ4n) is 3.13. The number of carbonyl (C=O) groups excluding carboxylic acids is 2. The highest BCUT2D eigenvalue weighted by molar-refractivity contribution is 5.90. The van der Waals surface area contributed by atoms with Gasteiger partial charge in [0.25, 0.3) is 0 Å². The second-order valence-corrected chi connectivity index (χ2v) is 6.32. The normalized spacial score (nSPS) is 20.9. The van der Waals surface area contributed by atoms with Crippen LogP contribution in [0.25, 0.3) is 0 Å². The van der Waals surface area contributed by atoms with Crippen molar-refractivity contribution in [1.82, 2.24) is 10.2 Å². The van der Waals surface area contributed by atoms with Crippen LogP contribution in [-0.2, 0) is 9.59 Å². The van der Waals surface area contributed by atoms with E-state index in [0.717, 1.165) is 5.56 Å². The van der Waals surface area contributed by atoms with Gasteiger partial charge in [-0.1, -0.05) is 32.0 Å². The zero-order chi connectivity index (χ0) is 17.0. The van der Waals surface area contributed by atoms with Gasteiger partial charge in [-0.2, -0.15) is 0 Å². The summed E-state index contributed by atoms with van der Waals surface area (Å²) in [7, 11) is 1.61. The highest BCUT2D eigenvalue weighted by atomic mass is 16.5. The van der Waals surface area contributed by atoms with Crippen LogP contribution in [0.1, 0.15) is 38.8 Å². The lowest BCUT2D eigenvalue weighted by Crippen LogP contribution is -2.37. The van der Waals surface area contributed by atoms with Gasteiger partial charge in [0.1, 0.15) is 5.75 Å². The number of para-hydroxylation sites is 1. The number of rotatable bonds is 6. The summed E-state index contributed by atoms with van der Waals surface area (Å²) < 4.78 is 5.44. The van der Waals surface area contributed by atoms with Crippen molar-refractivity contribution in [2.45, 2.75) is 33.2 Å². The maximum Gasteiger partial charge on any atom is 0.226 e. The number of nitrogens with zero attached hydrogens (tertiary/aromatic N) is 1. The minimum atomic E-state index is -0.377. The molecule has 1 aliphatic rings. The van der Waals surface area contributed by atoms with Crippen LogP contribution in [0.2, 0.25) is 0 Å². The first-order valence-electron chi connectivity index (χ1n) is 8.19. The summed E-state index contributed by atoms with van der Waals surface area (Å²) >= 11 is 0. The fraction of sp³-hybridized carbons (Fsp3) is 0.556. The van der Waals surface area contributed by atoms with Crippen molar-refractivity contribution in [1.29, 1.82) is 0 Å². The number of nitrogens with one attached hydrogen (secondary N) is 1. The van der Waals surface area contributed by atoms with Gasteiger partial charge in [0.05, 0.1) is 19.1 Å². The first-order valence-corrected chi connectivity index (χ1v) is 8.19. The Kier molecular flexibility index (Phi) is 5.64. The highest BCUT2D eigenvalue weighted by Crippen LogP contribution is 2.41. The summed E-state index contributed by atoms with van der Waals surface area (Å²) in [5, 5.41) is 2.97. The van der Waals surface area contributed by atoms with Gasteiger partial charge in [-0.3, -0.25) is 9.59 Å². The molecule has 126 valence electrons. The molecule has 1 saturated heterocycles. The van der Waals surface area contributed by atoms with E-state index < -0.39 is 0 Å². The number of hydrogen-bond acceptors (Lipinski definition) is 3. The Morgan fingerprint density at radius 3 is 2.70 bits per heavy atom. The molecule has 23 heavy (non-hydrogen) atoms. The topological polar surface area (TPSA) is 58.6 Å². The molecule has 1 heterocycles. The molecule has 2 amide bonds.